The van der Waals surface area contributed by atoms with Crippen LogP contribution >= 0.6 is 0 Å². The van der Waals surface area contributed by atoms with Crippen LogP contribution in [0.2, 0.25) is 0 Å². The highest BCUT2D eigenvalue weighted by molar-refractivity contribution is 6.25. The number of urea groups is 1. The van der Waals surface area contributed by atoms with Gasteiger partial charge in [-0.1, -0.05) is 105 Å². The van der Waals surface area contributed by atoms with Gasteiger partial charge in [-0.2, -0.15) is 0 Å². The van der Waals surface area contributed by atoms with Crippen LogP contribution < -0.4 is 20.4 Å². The maximum Gasteiger partial charge on any atom is 0.329 e. The molecule has 10 rings (SSSR count). The summed E-state index contributed by atoms with van der Waals surface area (Å²) in [5.41, 5.74) is 3.08. The van der Waals surface area contributed by atoms with E-state index in [1.807, 2.05) is 77.7 Å². The van der Waals surface area contributed by atoms with Crippen LogP contribution in [-0.2, 0) is 38.8 Å². The van der Waals surface area contributed by atoms with Gasteiger partial charge < -0.3 is 34.9 Å². The fourth-order valence-corrected chi connectivity index (χ4v) is 11.4. The Morgan fingerprint density at radius 2 is 1.50 bits per heavy atom. The van der Waals surface area contributed by atoms with E-state index in [4.69, 9.17) is 14.2 Å². The fourth-order valence-electron chi connectivity index (χ4n) is 11.4. The minimum absolute atomic E-state index is 0.0479. The molecule has 3 N–H and O–H groups in total. The van der Waals surface area contributed by atoms with Crippen LogP contribution in [0.1, 0.15) is 85.5 Å². The molecule has 72 heavy (non-hydrogen) atoms. The van der Waals surface area contributed by atoms with Gasteiger partial charge in [-0.15, -0.1) is 0 Å². The van der Waals surface area contributed by atoms with Gasteiger partial charge in [0.05, 0.1) is 44.0 Å². The lowest BCUT2D eigenvalue weighted by molar-refractivity contribution is -0.177. The fraction of sp³-hybridized carbons (Fsp3) is 0.328. The van der Waals surface area contributed by atoms with Crippen molar-refractivity contribution in [2.45, 2.75) is 75.2 Å². The van der Waals surface area contributed by atoms with Crippen LogP contribution in [0.5, 0.6) is 5.75 Å². The molecule has 4 amide bonds. The highest BCUT2D eigenvalue weighted by atomic mass is 16.6. The molecule has 0 aromatic heterocycles. The number of anilines is 3. The second-order valence-electron chi connectivity index (χ2n) is 19.3. The summed E-state index contributed by atoms with van der Waals surface area (Å²) in [5, 5.41) is 16.7. The zero-order valence-electron chi connectivity index (χ0n) is 40.5. The smallest absolute Gasteiger partial charge is 0.329 e. The lowest BCUT2D eigenvalue weighted by Gasteiger charge is -2.46. The largest absolute Gasteiger partial charge is 0.508 e. The molecule has 7 atom stereocenters. The van der Waals surface area contributed by atoms with Crippen LogP contribution in [-0.4, -0.2) is 85.3 Å². The van der Waals surface area contributed by atoms with Gasteiger partial charge in [0.15, 0.2) is 0 Å². The number of phenols is 1. The van der Waals surface area contributed by atoms with Gasteiger partial charge in [0.25, 0.3) is 0 Å². The first kappa shape index (κ1) is 47.9. The number of amides is 4. The molecule has 0 radical (unpaired) electrons. The van der Waals surface area contributed by atoms with Crippen LogP contribution in [0.25, 0.3) is 0 Å². The van der Waals surface area contributed by atoms with E-state index >= 15 is 19.2 Å². The summed E-state index contributed by atoms with van der Waals surface area (Å²) in [4.78, 5) is 81.8. The van der Waals surface area contributed by atoms with Crippen molar-refractivity contribution in [3.8, 4) is 17.6 Å². The Labute approximate surface area is 418 Å². The van der Waals surface area contributed by atoms with E-state index in [1.54, 1.807) is 56.3 Å². The van der Waals surface area contributed by atoms with Crippen molar-refractivity contribution in [3.05, 3.63) is 167 Å². The van der Waals surface area contributed by atoms with E-state index in [0.29, 0.717) is 48.7 Å². The number of carbonyl (C=O) groups excluding carboxylic acids is 5. The molecule has 5 aliphatic rings. The van der Waals surface area contributed by atoms with Crippen molar-refractivity contribution in [1.82, 2.24) is 10.2 Å². The molecule has 1 spiro atoms. The predicted octanol–water partition coefficient (Wildman–Crippen LogP) is 8.29. The Bertz CT molecular complexity index is 2960. The summed E-state index contributed by atoms with van der Waals surface area (Å²) in [7, 11) is 1.22. The molecule has 0 unspecified atom stereocenters. The number of hydrogen-bond acceptors (Lipinski definition) is 11. The minimum atomic E-state index is -2.09. The standard InChI is InChI=1S/C58H57N5O9/c1-36(2)48(54(66)70-3)60-57(69)62-46-30-21-38(20-19-37-13-7-4-8-14-37)35-45(46)58(56(62)68)47(53(65)59-42-24-26-43(27-25-42)61-31-33-71-34-32-61)50-55(67)72-51(40-17-11-6-12-18-40)49(39-15-9-5-10-16-39)63(50)52(58)41-22-28-44(64)29-23-41/h5-6,9-13,15-18,21-30,35-36,47-52,64H,4,7-8,14,31-34H2,1-3H3,(H,59,65)(H,60,69)/t47-,48+,49-,50-,51+,52+,58-/m1/s1. The van der Waals surface area contributed by atoms with Gasteiger partial charge in [0.2, 0.25) is 11.8 Å². The van der Waals surface area contributed by atoms with Crippen LogP contribution in [0.15, 0.2) is 139 Å². The van der Waals surface area contributed by atoms with E-state index in [9.17, 15) is 9.90 Å². The number of esters is 2. The third kappa shape index (κ3) is 8.66. The number of carbonyl (C=O) groups is 5. The topological polar surface area (TPSA) is 167 Å². The third-order valence-corrected chi connectivity index (χ3v) is 14.7. The van der Waals surface area contributed by atoms with Crippen molar-refractivity contribution in [1.29, 1.82) is 0 Å². The molecule has 3 saturated heterocycles. The highest BCUT2D eigenvalue weighted by Gasteiger charge is 2.75. The number of fused-ring (bicyclic) bond motifs is 3. The SMILES string of the molecule is COC(=O)[C@@H](NC(=O)N1C(=O)[C@@]2(c3cc(C#CC4=CCCCC4)ccc31)[C@H](c1ccc(O)cc1)N1[C@H](c3ccccc3)[C@H](c3ccccc3)OC(=O)[C@H]1[C@@H]2C(=O)Nc1ccc(N2CCOCC2)cc1)C(C)C. The molecule has 5 aromatic rings. The van der Waals surface area contributed by atoms with Crippen molar-refractivity contribution < 1.29 is 43.3 Å². The third-order valence-electron chi connectivity index (χ3n) is 14.7. The Morgan fingerprint density at radius 3 is 2.15 bits per heavy atom. The van der Waals surface area contributed by atoms with Crippen LogP contribution in [0, 0.1) is 23.7 Å². The predicted molar refractivity (Wildman–Crippen MR) is 271 cm³/mol. The number of imide groups is 1. The van der Waals surface area contributed by atoms with Gasteiger partial charge in [0, 0.05) is 30.0 Å². The Morgan fingerprint density at radius 1 is 0.806 bits per heavy atom. The molecule has 5 aromatic carbocycles. The number of cyclic esters (lactones) is 1. The molecule has 4 aliphatic heterocycles. The second-order valence-corrected chi connectivity index (χ2v) is 19.3. The lowest BCUT2D eigenvalue weighted by Crippen LogP contribution is -2.57. The molecule has 3 fully saturated rings. The van der Waals surface area contributed by atoms with E-state index < -0.39 is 77.3 Å². The molecule has 14 nitrogen and oxygen atoms in total. The van der Waals surface area contributed by atoms with Gasteiger partial charge in [-0.3, -0.25) is 19.3 Å². The first-order valence-electron chi connectivity index (χ1n) is 24.7. The number of allylic oxidation sites excluding steroid dienone is 2. The maximum absolute atomic E-state index is 16.7. The van der Waals surface area contributed by atoms with Crippen molar-refractivity contribution in [2.75, 3.05) is 48.5 Å². The monoisotopic (exact) mass is 967 g/mol. The van der Waals surface area contributed by atoms with Crippen molar-refractivity contribution in [2.24, 2.45) is 11.8 Å². The van der Waals surface area contributed by atoms with E-state index in [-0.39, 0.29) is 17.0 Å². The quantitative estimate of drug-likeness (QED) is 0.0961. The number of morpholine rings is 2. The van der Waals surface area contributed by atoms with Gasteiger partial charge >= 0.3 is 18.0 Å². The Kier molecular flexibility index (Phi) is 13.4. The molecular weight excluding hydrogens is 911 g/mol. The summed E-state index contributed by atoms with van der Waals surface area (Å²) in [5.74, 6) is 1.65. The maximum atomic E-state index is 16.7. The van der Waals surface area contributed by atoms with E-state index in [2.05, 4.69) is 33.5 Å². The number of aromatic hydroxyl groups is 1. The molecule has 4 heterocycles. The summed E-state index contributed by atoms with van der Waals surface area (Å²) in [6, 6.07) is 32.2. The number of hydrogen-bond donors (Lipinski definition) is 3. The normalized spacial score (nSPS) is 24.1. The molecule has 0 saturated carbocycles. The van der Waals surface area contributed by atoms with E-state index in [1.165, 1.54) is 19.2 Å². The molecule has 0 bridgehead atoms. The Hall–Kier alpha value is -7.73. The second kappa shape index (κ2) is 20.2. The number of nitrogens with one attached hydrogen (secondary N) is 2. The van der Waals surface area contributed by atoms with Gasteiger partial charge in [-0.05, 0) is 114 Å². The summed E-state index contributed by atoms with van der Waals surface area (Å²) in [6.07, 6.45) is 5.03. The zero-order valence-corrected chi connectivity index (χ0v) is 40.5. The summed E-state index contributed by atoms with van der Waals surface area (Å²) < 4.78 is 17.3. The first-order chi connectivity index (χ1) is 35.0. The minimum Gasteiger partial charge on any atom is -0.508 e. The summed E-state index contributed by atoms with van der Waals surface area (Å²) in [6.45, 7) is 6.08. The zero-order chi connectivity index (χ0) is 50.1. The number of methoxy groups -OCH3 is 1. The van der Waals surface area contributed by atoms with Crippen molar-refractivity contribution in [3.63, 3.8) is 0 Å². The number of ether oxygens (including phenoxy) is 3. The average Bonchev–Trinajstić information content (AvgIpc) is 3.87. The number of nitrogens with zero attached hydrogens (tertiary/aromatic N) is 3. The average molecular weight is 968 g/mol. The number of benzene rings is 5. The van der Waals surface area contributed by atoms with Gasteiger partial charge in [0.1, 0.15) is 29.4 Å². The van der Waals surface area contributed by atoms with Crippen molar-refractivity contribution >= 4 is 46.8 Å². The highest BCUT2D eigenvalue weighted by Crippen LogP contribution is 2.66. The Balaban J connectivity index is 1.23. The summed E-state index contributed by atoms with van der Waals surface area (Å²) >= 11 is 0. The lowest BCUT2D eigenvalue weighted by atomic mass is 9.65. The van der Waals surface area contributed by atoms with E-state index in [0.717, 1.165) is 47.4 Å². The molecule has 14 heteroatoms. The first-order valence-corrected chi connectivity index (χ1v) is 24.7. The van der Waals surface area contributed by atoms with Crippen LogP contribution in [0.3, 0.4) is 0 Å². The molecule has 1 aliphatic carbocycles. The number of phenolic OH excluding ortho intramolecular Hbond substituents is 1. The number of rotatable bonds is 9. The van der Waals surface area contributed by atoms with Crippen LogP contribution in [0.4, 0.5) is 21.9 Å². The van der Waals surface area contributed by atoms with Gasteiger partial charge in [-0.25, -0.2) is 14.5 Å². The molecule has 368 valence electrons. The molecular formula is C58H57N5O9.